The number of aromatic nitrogens is 3. The molecule has 22 heavy (non-hydrogen) atoms. The summed E-state index contributed by atoms with van der Waals surface area (Å²) in [6, 6.07) is 4.09. The summed E-state index contributed by atoms with van der Waals surface area (Å²) < 4.78 is 4.22. The average Bonchev–Trinajstić information content (AvgIpc) is 2.84. The van der Waals surface area contributed by atoms with Crippen molar-refractivity contribution in [2.45, 2.75) is 25.8 Å². The van der Waals surface area contributed by atoms with Gasteiger partial charge in [0, 0.05) is 24.8 Å². The van der Waals surface area contributed by atoms with Gasteiger partial charge in [-0.3, -0.25) is 0 Å². The highest BCUT2D eigenvalue weighted by Gasteiger charge is 2.40. The third-order valence-electron chi connectivity index (χ3n) is 3.55. The van der Waals surface area contributed by atoms with Crippen LogP contribution in [0.1, 0.15) is 17.7 Å². The third kappa shape index (κ3) is 2.86. The van der Waals surface area contributed by atoms with Crippen molar-refractivity contribution in [3.63, 3.8) is 0 Å². The first kappa shape index (κ1) is 14.7. The predicted octanol–water partition coefficient (Wildman–Crippen LogP) is 1.72. The molecule has 1 fully saturated rings. The Hall–Kier alpha value is -2.24. The molecule has 1 aliphatic heterocycles. The van der Waals surface area contributed by atoms with E-state index in [-0.39, 0.29) is 0 Å². The zero-order chi connectivity index (χ0) is 15.7. The van der Waals surface area contributed by atoms with Crippen molar-refractivity contribution >= 4 is 28.3 Å². The van der Waals surface area contributed by atoms with E-state index in [9.17, 15) is 0 Å². The number of nitrogens with one attached hydrogen (secondary N) is 1. The van der Waals surface area contributed by atoms with Crippen molar-refractivity contribution in [3.05, 3.63) is 23.5 Å². The average molecular weight is 315 g/mol. The first-order chi connectivity index (χ1) is 10.5. The molecule has 3 heterocycles. The lowest BCUT2D eigenvalue weighted by Crippen LogP contribution is -2.67. The van der Waals surface area contributed by atoms with E-state index in [1.54, 1.807) is 6.20 Å². The summed E-state index contributed by atoms with van der Waals surface area (Å²) in [6.45, 7) is 5.19. The number of hydrogen-bond acceptors (Lipinski definition) is 8. The lowest BCUT2D eigenvalue weighted by Gasteiger charge is -2.47. The molecule has 2 aromatic heterocycles. The van der Waals surface area contributed by atoms with E-state index in [2.05, 4.69) is 30.6 Å². The van der Waals surface area contributed by atoms with E-state index >= 15 is 0 Å². The fraction of sp³-hybridized carbons (Fsp3) is 0.429. The van der Waals surface area contributed by atoms with Crippen molar-refractivity contribution in [1.29, 1.82) is 5.26 Å². The molecule has 3 N–H and O–H groups in total. The van der Waals surface area contributed by atoms with Crippen molar-refractivity contribution < 1.29 is 0 Å². The predicted molar refractivity (Wildman–Crippen MR) is 86.3 cm³/mol. The minimum atomic E-state index is -0.422. The number of nitrogens with two attached hydrogens (primary N) is 1. The molecule has 0 radical (unpaired) electrons. The van der Waals surface area contributed by atoms with Crippen LogP contribution in [-0.4, -0.2) is 33.0 Å². The monoisotopic (exact) mass is 315 g/mol. The van der Waals surface area contributed by atoms with Crippen molar-refractivity contribution in [2.24, 2.45) is 5.73 Å². The molecule has 0 aromatic carbocycles. The van der Waals surface area contributed by atoms with E-state index in [1.807, 2.05) is 19.9 Å². The summed E-state index contributed by atoms with van der Waals surface area (Å²) in [5.74, 6) is 1.40. The van der Waals surface area contributed by atoms with Crippen LogP contribution >= 0.6 is 11.5 Å². The third-order valence-corrected chi connectivity index (χ3v) is 4.35. The summed E-state index contributed by atoms with van der Waals surface area (Å²) in [5.41, 5.74) is 7.66. The van der Waals surface area contributed by atoms with Crippen LogP contribution in [0.25, 0.3) is 0 Å². The van der Waals surface area contributed by atoms with E-state index in [0.717, 1.165) is 22.1 Å². The molecule has 8 heteroatoms. The molecular formula is C14H17N7S. The molecule has 0 amide bonds. The van der Waals surface area contributed by atoms with E-state index in [4.69, 9.17) is 11.0 Å². The van der Waals surface area contributed by atoms with E-state index < -0.39 is 5.54 Å². The highest BCUT2D eigenvalue weighted by Crippen LogP contribution is 2.30. The fourth-order valence-electron chi connectivity index (χ4n) is 2.48. The molecule has 1 aliphatic rings. The maximum absolute atomic E-state index is 8.80. The van der Waals surface area contributed by atoms with Gasteiger partial charge in [0.05, 0.1) is 23.7 Å². The molecule has 114 valence electrons. The Morgan fingerprint density at radius 2 is 2.27 bits per heavy atom. The van der Waals surface area contributed by atoms with Gasteiger partial charge in [0.2, 0.25) is 5.95 Å². The molecule has 0 saturated carbocycles. The van der Waals surface area contributed by atoms with Gasteiger partial charge in [-0.05, 0) is 31.4 Å². The number of nitrogens with zero attached hydrogens (tertiary/aromatic N) is 5. The molecule has 1 saturated heterocycles. The molecule has 2 aromatic rings. The minimum Gasteiger partial charge on any atom is -0.352 e. The molecule has 0 atom stereocenters. The highest BCUT2D eigenvalue weighted by molar-refractivity contribution is 7.10. The summed E-state index contributed by atoms with van der Waals surface area (Å²) in [7, 11) is 0. The van der Waals surface area contributed by atoms with Gasteiger partial charge in [-0.1, -0.05) is 0 Å². The summed E-state index contributed by atoms with van der Waals surface area (Å²) in [6.07, 6.45) is 2.15. The van der Waals surface area contributed by atoms with Gasteiger partial charge >= 0.3 is 0 Å². The minimum absolute atomic E-state index is 0.360. The second-order valence-electron chi connectivity index (χ2n) is 5.71. The Bertz CT molecular complexity index is 727. The Morgan fingerprint density at radius 3 is 2.91 bits per heavy atom. The molecule has 3 rings (SSSR count). The normalized spacial score (nSPS) is 16.0. The standard InChI is InChI=1S/C14H17N7S/c1-9-6-17-13(18-11-5-10(2)20-22-11)19-12(9)21-7-14(16,8-21)3-4-15/h5-6H,3,7-8,16H2,1-2H3,(H,17,18,19). The van der Waals surface area contributed by atoms with Crippen molar-refractivity contribution in [3.8, 4) is 6.07 Å². The fourth-order valence-corrected chi connectivity index (χ4v) is 3.13. The van der Waals surface area contributed by atoms with Crippen LogP contribution in [0, 0.1) is 25.2 Å². The largest absolute Gasteiger partial charge is 0.352 e. The first-order valence-corrected chi connectivity index (χ1v) is 7.71. The summed E-state index contributed by atoms with van der Waals surface area (Å²) in [5, 5.41) is 12.9. The smallest absolute Gasteiger partial charge is 0.229 e. The number of rotatable bonds is 4. The topological polar surface area (TPSA) is 104 Å². The van der Waals surface area contributed by atoms with E-state index in [0.29, 0.717) is 25.5 Å². The molecule has 0 aliphatic carbocycles. The van der Waals surface area contributed by atoms with Crippen LogP contribution in [0.4, 0.5) is 16.8 Å². The van der Waals surface area contributed by atoms with Gasteiger partial charge in [0.1, 0.15) is 10.8 Å². The second kappa shape index (κ2) is 5.51. The van der Waals surface area contributed by atoms with Crippen LogP contribution < -0.4 is 16.0 Å². The maximum atomic E-state index is 8.80. The van der Waals surface area contributed by atoms with Gasteiger partial charge in [0.25, 0.3) is 0 Å². The van der Waals surface area contributed by atoms with Gasteiger partial charge in [-0.25, -0.2) is 4.98 Å². The molecule has 0 spiro atoms. The van der Waals surface area contributed by atoms with Gasteiger partial charge in [-0.2, -0.15) is 14.6 Å². The van der Waals surface area contributed by atoms with E-state index in [1.165, 1.54) is 11.5 Å². The van der Waals surface area contributed by atoms with Gasteiger partial charge in [-0.15, -0.1) is 0 Å². The van der Waals surface area contributed by atoms with Gasteiger partial charge in [0.15, 0.2) is 0 Å². The van der Waals surface area contributed by atoms with Crippen LogP contribution in [0.3, 0.4) is 0 Å². The van der Waals surface area contributed by atoms with Crippen molar-refractivity contribution in [2.75, 3.05) is 23.3 Å². The number of aryl methyl sites for hydroxylation is 2. The first-order valence-electron chi connectivity index (χ1n) is 6.94. The van der Waals surface area contributed by atoms with Crippen LogP contribution in [0.15, 0.2) is 12.3 Å². The zero-order valence-electron chi connectivity index (χ0n) is 12.5. The Kier molecular flexibility index (Phi) is 3.68. The maximum Gasteiger partial charge on any atom is 0.229 e. The van der Waals surface area contributed by atoms with Crippen molar-refractivity contribution in [1.82, 2.24) is 14.3 Å². The molecule has 0 unspecified atom stereocenters. The molecule has 0 bridgehead atoms. The van der Waals surface area contributed by atoms with Crippen LogP contribution in [0.2, 0.25) is 0 Å². The number of nitriles is 1. The number of hydrogen-bond donors (Lipinski definition) is 2. The lowest BCUT2D eigenvalue weighted by atomic mass is 9.88. The zero-order valence-corrected chi connectivity index (χ0v) is 13.3. The second-order valence-corrected chi connectivity index (χ2v) is 6.52. The summed E-state index contributed by atoms with van der Waals surface area (Å²) >= 11 is 1.38. The van der Waals surface area contributed by atoms with Gasteiger partial charge < -0.3 is 16.0 Å². The Balaban J connectivity index is 1.75. The molecular weight excluding hydrogens is 298 g/mol. The SMILES string of the molecule is Cc1cc(Nc2ncc(C)c(N3CC(N)(CC#N)C3)n2)sn1. The summed E-state index contributed by atoms with van der Waals surface area (Å²) in [4.78, 5) is 11.0. The highest BCUT2D eigenvalue weighted by atomic mass is 32.1. The Morgan fingerprint density at radius 1 is 1.50 bits per heavy atom. The quantitative estimate of drug-likeness (QED) is 0.885. The van der Waals surface area contributed by atoms with Crippen LogP contribution in [0.5, 0.6) is 0 Å². The molecule has 7 nitrogen and oxygen atoms in total. The number of anilines is 3. The Labute approximate surface area is 133 Å². The van der Waals surface area contributed by atoms with Crippen LogP contribution in [-0.2, 0) is 0 Å². The lowest BCUT2D eigenvalue weighted by molar-refractivity contribution is 0.336.